The van der Waals surface area contributed by atoms with Crippen molar-refractivity contribution in [1.29, 1.82) is 0 Å². The third-order valence-corrected chi connectivity index (χ3v) is 6.83. The Hall–Kier alpha value is -3.84. The van der Waals surface area contributed by atoms with Crippen molar-refractivity contribution in [3.05, 3.63) is 104 Å². The highest BCUT2D eigenvalue weighted by Gasteiger charge is 2.37. The average molecular weight is 501 g/mol. The lowest BCUT2D eigenvalue weighted by atomic mass is 9.87. The summed E-state index contributed by atoms with van der Waals surface area (Å²) < 4.78 is 0.885. The Balaban J connectivity index is 1.83. The van der Waals surface area contributed by atoms with Gasteiger partial charge in [-0.1, -0.05) is 57.9 Å². The molecule has 4 aromatic rings. The van der Waals surface area contributed by atoms with Crippen LogP contribution in [0.25, 0.3) is 21.9 Å². The van der Waals surface area contributed by atoms with Crippen LogP contribution in [-0.2, 0) is 0 Å². The first-order valence-corrected chi connectivity index (χ1v) is 11.0. The van der Waals surface area contributed by atoms with Crippen LogP contribution in [0.15, 0.2) is 71.2 Å². The second-order valence-corrected chi connectivity index (χ2v) is 8.90. The van der Waals surface area contributed by atoms with Crippen LogP contribution in [0.2, 0.25) is 0 Å². The zero-order valence-electron chi connectivity index (χ0n) is 17.8. The molecule has 0 aromatic heterocycles. The molecule has 0 fully saturated rings. The highest BCUT2D eigenvalue weighted by Crippen LogP contribution is 2.43. The number of rotatable bonds is 3. The monoisotopic (exact) mass is 500 g/mol. The number of anilines is 1. The largest absolute Gasteiger partial charge is 0.278 e. The van der Waals surface area contributed by atoms with Gasteiger partial charge in [0.1, 0.15) is 0 Å². The van der Waals surface area contributed by atoms with Gasteiger partial charge in [0.2, 0.25) is 0 Å². The molecular weight excluding hydrogens is 484 g/mol. The minimum absolute atomic E-state index is 0.144. The molecule has 1 aliphatic rings. The van der Waals surface area contributed by atoms with Gasteiger partial charge in [-0.15, -0.1) is 0 Å². The van der Waals surface area contributed by atoms with Gasteiger partial charge in [0.05, 0.1) is 21.7 Å². The van der Waals surface area contributed by atoms with Gasteiger partial charge in [-0.25, -0.2) is 4.90 Å². The first-order chi connectivity index (χ1) is 15.8. The molecule has 0 saturated heterocycles. The number of carbonyl (C=O) groups excluding carboxylic acids is 2. The Morgan fingerprint density at radius 3 is 2.24 bits per heavy atom. The number of nitrogens with zero attached hydrogens (tertiary/aromatic N) is 2. The Labute approximate surface area is 197 Å². The number of hydrogen-bond donors (Lipinski definition) is 0. The normalized spacial score (nSPS) is 13.0. The molecule has 4 aromatic carbocycles. The Morgan fingerprint density at radius 1 is 0.879 bits per heavy atom. The van der Waals surface area contributed by atoms with Crippen molar-refractivity contribution in [1.82, 2.24) is 0 Å². The fraction of sp³-hybridized carbons (Fsp3) is 0.0769. The Kier molecular flexibility index (Phi) is 4.87. The molecule has 2 amide bonds. The van der Waals surface area contributed by atoms with E-state index in [-0.39, 0.29) is 11.3 Å². The third kappa shape index (κ3) is 3.24. The molecule has 0 saturated carbocycles. The van der Waals surface area contributed by atoms with Gasteiger partial charge >= 0.3 is 0 Å². The van der Waals surface area contributed by atoms with E-state index in [1.807, 2.05) is 38.1 Å². The first-order valence-electron chi connectivity index (χ1n) is 10.2. The SMILES string of the molecule is Cc1ccc(N2C(=O)c3cccc4c(-c5ccc(Br)c(C)c5)c([N+](=O)[O-])cc(c34)C2=O)cc1. The molecule has 5 rings (SSSR count). The van der Waals surface area contributed by atoms with Crippen LogP contribution in [0.4, 0.5) is 11.4 Å². The van der Waals surface area contributed by atoms with E-state index in [2.05, 4.69) is 15.9 Å². The van der Waals surface area contributed by atoms with E-state index in [4.69, 9.17) is 0 Å². The number of hydrogen-bond acceptors (Lipinski definition) is 4. The molecule has 0 unspecified atom stereocenters. The molecule has 7 heteroatoms. The number of halogens is 1. The topological polar surface area (TPSA) is 80.5 Å². The predicted octanol–water partition coefficient (Wildman–Crippen LogP) is 6.59. The number of benzene rings is 4. The van der Waals surface area contributed by atoms with Gasteiger partial charge < -0.3 is 0 Å². The standard InChI is InChI=1S/C26H17BrN2O4/c1-14-6-9-17(10-7-14)28-25(30)19-5-3-4-18-23(16-8-11-21(27)15(2)12-16)22(29(32)33)13-20(24(18)19)26(28)31/h3-13H,1-2H3. The second-order valence-electron chi connectivity index (χ2n) is 8.05. The number of aryl methyl sites for hydroxylation is 2. The highest BCUT2D eigenvalue weighted by molar-refractivity contribution is 9.10. The van der Waals surface area contributed by atoms with Crippen LogP contribution in [-0.4, -0.2) is 16.7 Å². The minimum atomic E-state index is -0.575. The maximum atomic E-state index is 13.5. The lowest BCUT2D eigenvalue weighted by molar-refractivity contribution is -0.384. The van der Waals surface area contributed by atoms with Crippen molar-refractivity contribution in [2.45, 2.75) is 13.8 Å². The van der Waals surface area contributed by atoms with Crippen LogP contribution in [0.5, 0.6) is 0 Å². The Bertz CT molecular complexity index is 1510. The summed E-state index contributed by atoms with van der Waals surface area (Å²) in [4.78, 5) is 39.7. The van der Waals surface area contributed by atoms with E-state index in [0.29, 0.717) is 33.2 Å². The molecule has 162 valence electrons. The van der Waals surface area contributed by atoms with E-state index in [1.165, 1.54) is 6.07 Å². The van der Waals surface area contributed by atoms with Gasteiger partial charge in [0, 0.05) is 21.5 Å². The number of amides is 2. The molecule has 0 radical (unpaired) electrons. The first kappa shape index (κ1) is 21.0. The van der Waals surface area contributed by atoms with Crippen molar-refractivity contribution in [2.75, 3.05) is 4.90 Å². The van der Waals surface area contributed by atoms with Gasteiger partial charge in [0.15, 0.2) is 0 Å². The van der Waals surface area contributed by atoms with Crippen LogP contribution < -0.4 is 4.90 Å². The smallest absolute Gasteiger partial charge is 0.268 e. The number of nitro groups is 1. The zero-order valence-corrected chi connectivity index (χ0v) is 19.3. The van der Waals surface area contributed by atoms with E-state index >= 15 is 0 Å². The molecule has 0 aliphatic carbocycles. The molecule has 0 spiro atoms. The maximum absolute atomic E-state index is 13.5. The fourth-order valence-electron chi connectivity index (χ4n) is 4.33. The molecule has 33 heavy (non-hydrogen) atoms. The molecule has 0 atom stereocenters. The molecule has 1 heterocycles. The summed E-state index contributed by atoms with van der Waals surface area (Å²) in [5.74, 6) is -1.03. The van der Waals surface area contributed by atoms with E-state index in [0.717, 1.165) is 20.5 Å². The predicted molar refractivity (Wildman–Crippen MR) is 131 cm³/mol. The summed E-state index contributed by atoms with van der Waals surface area (Å²) in [5, 5.41) is 13.1. The Morgan fingerprint density at radius 2 is 1.58 bits per heavy atom. The number of nitro benzene ring substituents is 1. The van der Waals surface area contributed by atoms with Crippen molar-refractivity contribution >= 4 is 49.9 Å². The zero-order chi connectivity index (χ0) is 23.4. The molecular formula is C26H17BrN2O4. The summed E-state index contributed by atoms with van der Waals surface area (Å²) in [6.45, 7) is 3.81. The van der Waals surface area contributed by atoms with Gasteiger partial charge in [-0.05, 0) is 54.6 Å². The van der Waals surface area contributed by atoms with Crippen molar-refractivity contribution < 1.29 is 14.5 Å². The van der Waals surface area contributed by atoms with Crippen LogP contribution in [0, 0.1) is 24.0 Å². The lowest BCUT2D eigenvalue weighted by Crippen LogP contribution is -2.40. The minimum Gasteiger partial charge on any atom is -0.268 e. The van der Waals surface area contributed by atoms with Gasteiger partial charge in [0.25, 0.3) is 17.5 Å². The highest BCUT2D eigenvalue weighted by atomic mass is 79.9. The van der Waals surface area contributed by atoms with Crippen LogP contribution in [0.3, 0.4) is 0 Å². The van der Waals surface area contributed by atoms with E-state index in [9.17, 15) is 19.7 Å². The van der Waals surface area contributed by atoms with Crippen molar-refractivity contribution in [3.8, 4) is 11.1 Å². The second kappa shape index (κ2) is 7.64. The number of carbonyl (C=O) groups is 2. The lowest BCUT2D eigenvalue weighted by Gasteiger charge is -2.28. The maximum Gasteiger partial charge on any atom is 0.278 e. The quantitative estimate of drug-likeness (QED) is 0.180. The van der Waals surface area contributed by atoms with Crippen molar-refractivity contribution in [3.63, 3.8) is 0 Å². The summed E-state index contributed by atoms with van der Waals surface area (Å²) in [6, 6.07) is 18.9. The third-order valence-electron chi connectivity index (χ3n) is 5.94. The summed E-state index contributed by atoms with van der Waals surface area (Å²) >= 11 is 3.46. The van der Waals surface area contributed by atoms with E-state index < -0.39 is 16.7 Å². The van der Waals surface area contributed by atoms with Gasteiger partial charge in [-0.3, -0.25) is 19.7 Å². The summed E-state index contributed by atoms with van der Waals surface area (Å²) in [6.07, 6.45) is 0. The average Bonchev–Trinajstić information content (AvgIpc) is 2.79. The summed E-state index contributed by atoms with van der Waals surface area (Å²) in [7, 11) is 0. The molecule has 0 bridgehead atoms. The fourth-order valence-corrected chi connectivity index (χ4v) is 4.57. The molecule has 1 aliphatic heterocycles. The van der Waals surface area contributed by atoms with E-state index in [1.54, 1.807) is 36.4 Å². The van der Waals surface area contributed by atoms with Crippen LogP contribution >= 0.6 is 15.9 Å². The molecule has 0 N–H and O–H groups in total. The van der Waals surface area contributed by atoms with Crippen LogP contribution in [0.1, 0.15) is 31.8 Å². The number of imide groups is 1. The van der Waals surface area contributed by atoms with Crippen molar-refractivity contribution in [2.24, 2.45) is 0 Å². The summed E-state index contributed by atoms with van der Waals surface area (Å²) in [5.41, 5.74) is 3.67. The molecule has 6 nitrogen and oxygen atoms in total. The van der Waals surface area contributed by atoms with Gasteiger partial charge in [-0.2, -0.15) is 0 Å².